The fourth-order valence-electron chi connectivity index (χ4n) is 1.78. The first-order chi connectivity index (χ1) is 10.5. The van der Waals surface area contributed by atoms with Crippen molar-refractivity contribution < 1.29 is 35.8 Å². The minimum absolute atomic E-state index is 0. The number of aliphatic imine (C=N–C) groups is 1. The minimum Gasteiger partial charge on any atom is -0.504 e. The zero-order valence-electron chi connectivity index (χ0n) is 11.8. The summed E-state index contributed by atoms with van der Waals surface area (Å²) in [6, 6.07) is 8.16. The van der Waals surface area contributed by atoms with E-state index in [4.69, 9.17) is 5.73 Å². The molecule has 4 nitrogen and oxygen atoms in total. The summed E-state index contributed by atoms with van der Waals surface area (Å²) in [5, 5.41) is 19.0. The summed E-state index contributed by atoms with van der Waals surface area (Å²) < 4.78 is 26.3. The number of hydrogen-bond acceptors (Lipinski definition) is 4. The van der Waals surface area contributed by atoms with E-state index in [1.807, 2.05) is 0 Å². The second-order valence-electron chi connectivity index (χ2n) is 4.54. The van der Waals surface area contributed by atoms with Crippen LogP contribution in [0.4, 0.5) is 8.78 Å². The second-order valence-corrected chi connectivity index (χ2v) is 4.54. The van der Waals surface area contributed by atoms with E-state index in [9.17, 15) is 19.0 Å². The Morgan fingerprint density at radius 2 is 1.52 bits per heavy atom. The molecule has 0 saturated carbocycles. The maximum Gasteiger partial charge on any atom is 0.165 e. The molecule has 4 N–H and O–H groups in total. The van der Waals surface area contributed by atoms with E-state index in [-0.39, 0.29) is 40.1 Å². The van der Waals surface area contributed by atoms with Gasteiger partial charge in [-0.1, -0.05) is 18.2 Å². The van der Waals surface area contributed by atoms with Crippen LogP contribution in [0.15, 0.2) is 47.1 Å². The van der Waals surface area contributed by atoms with Gasteiger partial charge in [-0.3, -0.25) is 4.99 Å². The molecule has 0 saturated heterocycles. The Morgan fingerprint density at radius 3 is 2.13 bits per heavy atom. The van der Waals surface area contributed by atoms with Crippen molar-refractivity contribution in [3.8, 4) is 11.5 Å². The molecule has 0 unspecified atom stereocenters. The third-order valence-electron chi connectivity index (χ3n) is 2.88. The van der Waals surface area contributed by atoms with Crippen molar-refractivity contribution in [3.63, 3.8) is 0 Å². The van der Waals surface area contributed by atoms with Gasteiger partial charge in [0.05, 0.1) is 6.54 Å². The first kappa shape index (κ1) is 18.7. The van der Waals surface area contributed by atoms with Crippen LogP contribution in [-0.4, -0.2) is 23.0 Å². The molecule has 2 rings (SSSR count). The van der Waals surface area contributed by atoms with Crippen molar-refractivity contribution in [2.45, 2.75) is 0 Å². The van der Waals surface area contributed by atoms with Gasteiger partial charge >= 0.3 is 0 Å². The van der Waals surface area contributed by atoms with Crippen molar-refractivity contribution in [1.82, 2.24) is 0 Å². The van der Waals surface area contributed by atoms with E-state index in [1.54, 1.807) is 0 Å². The fraction of sp³-hybridized carbons (Fsp3) is 0.0625. The summed E-state index contributed by atoms with van der Waals surface area (Å²) in [7, 11) is 0. The standard InChI is InChI=1S/C16H14F2N2O2.Co/c17-13-5-1-3-10(15(13)21)7-12(19)9-20-8-11-4-2-6-14(18)16(11)22;/h1-8,21-22H,9,19H2;. The van der Waals surface area contributed by atoms with Gasteiger partial charge < -0.3 is 15.9 Å². The minimum atomic E-state index is -0.741. The number of halogens is 2. The van der Waals surface area contributed by atoms with Gasteiger partial charge in [-0.2, -0.15) is 0 Å². The van der Waals surface area contributed by atoms with Gasteiger partial charge in [0.15, 0.2) is 23.1 Å². The van der Waals surface area contributed by atoms with E-state index in [2.05, 4.69) is 4.99 Å². The zero-order chi connectivity index (χ0) is 16.1. The van der Waals surface area contributed by atoms with E-state index < -0.39 is 23.1 Å². The Balaban J connectivity index is 0.00000264. The molecule has 0 fully saturated rings. The van der Waals surface area contributed by atoms with Gasteiger partial charge in [0.2, 0.25) is 0 Å². The number of phenolic OH excluding ortho intramolecular Hbond substituents is 2. The average Bonchev–Trinajstić information content (AvgIpc) is 2.48. The van der Waals surface area contributed by atoms with E-state index >= 15 is 0 Å². The van der Waals surface area contributed by atoms with Crippen LogP contribution in [0.5, 0.6) is 11.5 Å². The number of para-hydroxylation sites is 2. The van der Waals surface area contributed by atoms with Crippen LogP contribution in [0, 0.1) is 11.6 Å². The summed E-state index contributed by atoms with van der Waals surface area (Å²) >= 11 is 0. The number of rotatable bonds is 4. The largest absolute Gasteiger partial charge is 0.504 e. The molecule has 0 aliphatic rings. The first-order valence-corrected chi connectivity index (χ1v) is 6.40. The molecule has 23 heavy (non-hydrogen) atoms. The van der Waals surface area contributed by atoms with Gasteiger partial charge in [0.25, 0.3) is 0 Å². The normalized spacial score (nSPS) is 11.5. The number of aromatic hydroxyl groups is 2. The number of nitrogens with two attached hydrogens (primary N) is 1. The maximum absolute atomic E-state index is 13.2. The molecule has 0 aliphatic carbocycles. The van der Waals surface area contributed by atoms with E-state index in [0.29, 0.717) is 0 Å². The monoisotopic (exact) mass is 363 g/mol. The fourth-order valence-corrected chi connectivity index (χ4v) is 1.78. The van der Waals surface area contributed by atoms with Crippen molar-refractivity contribution >= 4 is 12.3 Å². The van der Waals surface area contributed by atoms with Crippen LogP contribution >= 0.6 is 0 Å². The first-order valence-electron chi connectivity index (χ1n) is 6.40. The van der Waals surface area contributed by atoms with Crippen molar-refractivity contribution in [2.24, 2.45) is 10.7 Å². The predicted octanol–water partition coefficient (Wildman–Crippen LogP) is 2.79. The van der Waals surface area contributed by atoms with Crippen molar-refractivity contribution in [2.75, 3.05) is 6.54 Å². The Morgan fingerprint density at radius 1 is 1.00 bits per heavy atom. The van der Waals surface area contributed by atoms with Crippen LogP contribution in [0.2, 0.25) is 0 Å². The predicted molar refractivity (Wildman–Crippen MR) is 80.8 cm³/mol. The molecule has 0 amide bonds. The Hall–Kier alpha value is -2.38. The third-order valence-corrected chi connectivity index (χ3v) is 2.88. The van der Waals surface area contributed by atoms with E-state index in [0.717, 1.165) is 12.1 Å². The van der Waals surface area contributed by atoms with Crippen LogP contribution in [0.25, 0.3) is 6.08 Å². The van der Waals surface area contributed by atoms with Gasteiger partial charge in [-0.05, 0) is 24.3 Å². The van der Waals surface area contributed by atoms with Crippen LogP contribution in [0.1, 0.15) is 11.1 Å². The molecule has 0 heterocycles. The molecule has 2 aromatic carbocycles. The molecule has 0 aliphatic heterocycles. The average molecular weight is 363 g/mol. The second kappa shape index (κ2) is 8.30. The molecule has 2 aromatic rings. The molecule has 1 radical (unpaired) electrons. The Labute approximate surface area is 142 Å². The van der Waals surface area contributed by atoms with Crippen LogP contribution in [0.3, 0.4) is 0 Å². The molecule has 0 aromatic heterocycles. The molecule has 0 spiro atoms. The number of nitrogens with zero attached hydrogens (tertiary/aromatic N) is 1. The molecule has 123 valence electrons. The quantitative estimate of drug-likeness (QED) is 0.731. The van der Waals surface area contributed by atoms with Crippen molar-refractivity contribution in [3.05, 3.63) is 64.9 Å². The van der Waals surface area contributed by atoms with Crippen LogP contribution in [-0.2, 0) is 16.8 Å². The van der Waals surface area contributed by atoms with Gasteiger partial charge in [-0.15, -0.1) is 0 Å². The Bertz CT molecular complexity index is 749. The number of phenols is 2. The topological polar surface area (TPSA) is 78.8 Å². The molecule has 0 bridgehead atoms. The van der Waals surface area contributed by atoms with Crippen molar-refractivity contribution in [1.29, 1.82) is 0 Å². The smallest absolute Gasteiger partial charge is 0.165 e. The SMILES string of the molecule is NC(=Cc1cccc(F)c1O)CN=Cc1cccc(F)c1O.[Co]. The third kappa shape index (κ3) is 4.80. The summed E-state index contributed by atoms with van der Waals surface area (Å²) in [5.41, 5.74) is 6.47. The summed E-state index contributed by atoms with van der Waals surface area (Å²) in [4.78, 5) is 3.97. The summed E-state index contributed by atoms with van der Waals surface area (Å²) in [5.74, 6) is -2.46. The molecular weight excluding hydrogens is 349 g/mol. The number of benzene rings is 2. The molecular formula is C16H14CoF2N2O2. The number of hydrogen-bond donors (Lipinski definition) is 3. The van der Waals surface area contributed by atoms with Gasteiger partial charge in [-0.25, -0.2) is 8.78 Å². The maximum atomic E-state index is 13.2. The van der Waals surface area contributed by atoms with Gasteiger partial charge in [0, 0.05) is 39.8 Å². The molecule has 0 atom stereocenters. The van der Waals surface area contributed by atoms with E-state index in [1.165, 1.54) is 36.6 Å². The zero-order valence-corrected chi connectivity index (χ0v) is 12.9. The Kier molecular flexibility index (Phi) is 6.74. The summed E-state index contributed by atoms with van der Waals surface area (Å²) in [6.07, 6.45) is 2.67. The van der Waals surface area contributed by atoms with Gasteiger partial charge in [0.1, 0.15) is 0 Å². The summed E-state index contributed by atoms with van der Waals surface area (Å²) in [6.45, 7) is 0.0475. The molecule has 7 heteroatoms. The van der Waals surface area contributed by atoms with Crippen LogP contribution < -0.4 is 5.73 Å².